The fourth-order valence-electron chi connectivity index (χ4n) is 2.43. The van der Waals surface area contributed by atoms with E-state index in [1.165, 1.54) is 0 Å². The van der Waals surface area contributed by atoms with Crippen LogP contribution < -0.4 is 10.2 Å². The van der Waals surface area contributed by atoms with Crippen LogP contribution in [0.2, 0.25) is 0 Å². The number of amides is 3. The number of nitrogens with zero attached hydrogens (tertiary/aromatic N) is 2. The quantitative estimate of drug-likeness (QED) is 0.911. The number of nitrogens with one attached hydrogen (secondary N) is 1. The highest BCUT2D eigenvalue weighted by atomic mass is 16.2. The smallest absolute Gasteiger partial charge is 0.318 e. The van der Waals surface area contributed by atoms with Crippen molar-refractivity contribution in [1.29, 1.82) is 0 Å². The zero-order valence-corrected chi connectivity index (χ0v) is 12.0. The van der Waals surface area contributed by atoms with Crippen molar-refractivity contribution in [1.82, 2.24) is 10.2 Å². The van der Waals surface area contributed by atoms with E-state index >= 15 is 0 Å². The number of hydrogen-bond donors (Lipinski definition) is 1. The molecule has 1 aromatic rings. The Hall–Kier alpha value is -2.04. The molecule has 0 radical (unpaired) electrons. The number of carbonyl (C=O) groups excluding carboxylic acids is 2. The van der Waals surface area contributed by atoms with Crippen LogP contribution in [0.5, 0.6) is 0 Å². The van der Waals surface area contributed by atoms with E-state index in [-0.39, 0.29) is 11.9 Å². The van der Waals surface area contributed by atoms with E-state index in [2.05, 4.69) is 5.32 Å². The molecular formula is C15H21N3O2. The van der Waals surface area contributed by atoms with Crippen LogP contribution >= 0.6 is 0 Å². The molecule has 108 valence electrons. The van der Waals surface area contributed by atoms with E-state index in [9.17, 15) is 9.59 Å². The summed E-state index contributed by atoms with van der Waals surface area (Å²) >= 11 is 0. The molecule has 1 aliphatic rings. The van der Waals surface area contributed by atoms with Crippen LogP contribution in [-0.2, 0) is 4.79 Å². The number of hydrogen-bond acceptors (Lipinski definition) is 2. The topological polar surface area (TPSA) is 52.7 Å². The normalized spacial score (nSPS) is 18.2. The number of benzene rings is 1. The predicted molar refractivity (Wildman–Crippen MR) is 78.7 cm³/mol. The van der Waals surface area contributed by atoms with Gasteiger partial charge in [0.25, 0.3) is 0 Å². The van der Waals surface area contributed by atoms with Gasteiger partial charge >= 0.3 is 6.03 Å². The van der Waals surface area contributed by atoms with Crippen LogP contribution in [-0.4, -0.2) is 42.5 Å². The van der Waals surface area contributed by atoms with Crippen molar-refractivity contribution in [2.24, 2.45) is 0 Å². The molecule has 0 saturated carbocycles. The molecule has 3 amide bonds. The molecule has 0 bridgehead atoms. The lowest BCUT2D eigenvalue weighted by molar-refractivity contribution is -0.118. The van der Waals surface area contributed by atoms with Crippen LogP contribution in [0.15, 0.2) is 30.3 Å². The fraction of sp³-hybridized carbons (Fsp3) is 0.467. The molecule has 20 heavy (non-hydrogen) atoms. The maximum atomic E-state index is 12.3. The lowest BCUT2D eigenvalue weighted by atomic mass is 10.2. The van der Waals surface area contributed by atoms with Crippen molar-refractivity contribution < 1.29 is 9.59 Å². The molecule has 1 unspecified atom stereocenters. The van der Waals surface area contributed by atoms with E-state index in [4.69, 9.17) is 0 Å². The van der Waals surface area contributed by atoms with E-state index in [1.807, 2.05) is 44.2 Å². The molecule has 0 spiro atoms. The molecule has 1 aliphatic heterocycles. The number of anilines is 1. The van der Waals surface area contributed by atoms with Crippen molar-refractivity contribution in [3.05, 3.63) is 30.3 Å². The average Bonchev–Trinajstić information content (AvgIpc) is 2.82. The first-order chi connectivity index (χ1) is 9.67. The van der Waals surface area contributed by atoms with E-state index in [1.54, 1.807) is 9.80 Å². The van der Waals surface area contributed by atoms with Crippen molar-refractivity contribution in [2.75, 3.05) is 24.5 Å². The van der Waals surface area contributed by atoms with Crippen LogP contribution in [0.4, 0.5) is 10.5 Å². The van der Waals surface area contributed by atoms with E-state index in [0.29, 0.717) is 26.1 Å². The maximum Gasteiger partial charge on any atom is 0.318 e. The summed E-state index contributed by atoms with van der Waals surface area (Å²) in [6.07, 6.45) is 0.654. The Morgan fingerprint density at radius 3 is 2.55 bits per heavy atom. The van der Waals surface area contributed by atoms with Gasteiger partial charge in [-0.3, -0.25) is 4.79 Å². The Morgan fingerprint density at radius 2 is 1.95 bits per heavy atom. The fourth-order valence-corrected chi connectivity index (χ4v) is 2.43. The molecule has 1 saturated heterocycles. The summed E-state index contributed by atoms with van der Waals surface area (Å²) in [6, 6.07) is 8.98. The average molecular weight is 275 g/mol. The summed E-state index contributed by atoms with van der Waals surface area (Å²) in [6.45, 7) is 5.79. The Bertz CT molecular complexity index is 471. The minimum atomic E-state index is -0.414. The number of para-hydroxylation sites is 1. The van der Waals surface area contributed by atoms with Gasteiger partial charge in [-0.2, -0.15) is 0 Å². The third kappa shape index (κ3) is 2.92. The van der Waals surface area contributed by atoms with Gasteiger partial charge in [0, 0.05) is 25.3 Å². The molecule has 5 nitrogen and oxygen atoms in total. The Balaban J connectivity index is 2.00. The number of carbonyl (C=O) groups is 2. The Labute approximate surface area is 119 Å². The van der Waals surface area contributed by atoms with Gasteiger partial charge in [-0.25, -0.2) is 4.79 Å². The second-order valence-corrected chi connectivity index (χ2v) is 4.79. The molecule has 2 rings (SSSR count). The summed E-state index contributed by atoms with van der Waals surface area (Å²) in [5, 5.41) is 2.83. The highest BCUT2D eigenvalue weighted by molar-refractivity contribution is 6.01. The first kappa shape index (κ1) is 14.4. The lowest BCUT2D eigenvalue weighted by Crippen LogP contribution is -2.47. The number of rotatable bonds is 4. The molecule has 1 atom stereocenters. The van der Waals surface area contributed by atoms with Crippen LogP contribution in [0.3, 0.4) is 0 Å². The third-order valence-corrected chi connectivity index (χ3v) is 3.62. The standard InChI is InChI=1S/C15H21N3O2/c1-3-17(4-2)15(20)16-13-10-11-18(14(13)19)12-8-6-5-7-9-12/h5-9,13H,3-4,10-11H2,1-2H3,(H,16,20). The van der Waals surface area contributed by atoms with Gasteiger partial charge in [-0.05, 0) is 32.4 Å². The molecule has 1 N–H and O–H groups in total. The SMILES string of the molecule is CCN(CC)C(=O)NC1CCN(c2ccccc2)C1=O. The van der Waals surface area contributed by atoms with Crippen molar-refractivity contribution in [3.8, 4) is 0 Å². The zero-order chi connectivity index (χ0) is 14.5. The van der Waals surface area contributed by atoms with Gasteiger partial charge in [-0.15, -0.1) is 0 Å². The zero-order valence-electron chi connectivity index (χ0n) is 12.0. The summed E-state index contributed by atoms with van der Waals surface area (Å²) in [4.78, 5) is 27.7. The minimum Gasteiger partial charge on any atom is -0.326 e. The van der Waals surface area contributed by atoms with E-state index < -0.39 is 6.04 Å². The summed E-state index contributed by atoms with van der Waals surface area (Å²) in [5.74, 6) is -0.0308. The summed E-state index contributed by atoms with van der Waals surface area (Å²) in [7, 11) is 0. The van der Waals surface area contributed by atoms with Gasteiger partial charge in [-0.1, -0.05) is 18.2 Å². The molecular weight excluding hydrogens is 254 g/mol. The highest BCUT2D eigenvalue weighted by Gasteiger charge is 2.34. The van der Waals surface area contributed by atoms with Gasteiger partial charge in [0.1, 0.15) is 6.04 Å². The Kier molecular flexibility index (Phi) is 4.61. The summed E-state index contributed by atoms with van der Waals surface area (Å²) < 4.78 is 0. The van der Waals surface area contributed by atoms with Crippen LogP contribution in [0.1, 0.15) is 20.3 Å². The third-order valence-electron chi connectivity index (χ3n) is 3.62. The number of urea groups is 1. The van der Waals surface area contributed by atoms with Crippen molar-refractivity contribution >= 4 is 17.6 Å². The molecule has 1 heterocycles. The molecule has 1 fully saturated rings. The first-order valence-electron chi connectivity index (χ1n) is 7.09. The predicted octanol–water partition coefficient (Wildman–Crippen LogP) is 1.84. The van der Waals surface area contributed by atoms with Gasteiger partial charge < -0.3 is 15.1 Å². The van der Waals surface area contributed by atoms with Crippen molar-refractivity contribution in [3.63, 3.8) is 0 Å². The second kappa shape index (κ2) is 6.41. The molecule has 5 heteroatoms. The van der Waals surface area contributed by atoms with Gasteiger partial charge in [0.2, 0.25) is 5.91 Å². The second-order valence-electron chi connectivity index (χ2n) is 4.79. The van der Waals surface area contributed by atoms with Crippen LogP contribution in [0.25, 0.3) is 0 Å². The van der Waals surface area contributed by atoms with Crippen LogP contribution in [0, 0.1) is 0 Å². The van der Waals surface area contributed by atoms with Gasteiger partial charge in [0.05, 0.1) is 0 Å². The minimum absolute atomic E-state index is 0.0308. The highest BCUT2D eigenvalue weighted by Crippen LogP contribution is 2.21. The summed E-state index contributed by atoms with van der Waals surface area (Å²) in [5.41, 5.74) is 0.886. The largest absolute Gasteiger partial charge is 0.326 e. The van der Waals surface area contributed by atoms with Gasteiger partial charge in [0.15, 0.2) is 0 Å². The van der Waals surface area contributed by atoms with E-state index in [0.717, 1.165) is 5.69 Å². The first-order valence-corrected chi connectivity index (χ1v) is 7.09. The lowest BCUT2D eigenvalue weighted by Gasteiger charge is -2.22. The maximum absolute atomic E-state index is 12.3. The molecule has 0 aromatic heterocycles. The Morgan fingerprint density at radius 1 is 1.30 bits per heavy atom. The monoisotopic (exact) mass is 275 g/mol. The molecule has 0 aliphatic carbocycles. The molecule has 1 aromatic carbocycles. The van der Waals surface area contributed by atoms with Crippen molar-refractivity contribution in [2.45, 2.75) is 26.3 Å².